The number of amides is 1. The minimum Gasteiger partial charge on any atom is -0.497 e. The van der Waals surface area contributed by atoms with Gasteiger partial charge in [-0.15, -0.1) is 0 Å². The van der Waals surface area contributed by atoms with Gasteiger partial charge in [-0.3, -0.25) is 0 Å². The molecule has 0 radical (unpaired) electrons. The van der Waals surface area contributed by atoms with Crippen LogP contribution in [0.25, 0.3) is 10.8 Å². The van der Waals surface area contributed by atoms with Crippen LogP contribution in [0.1, 0.15) is 32.3 Å². The number of methoxy groups -OCH3 is 1. The number of nitrogens with one attached hydrogen (secondary N) is 1. The lowest BCUT2D eigenvalue weighted by Gasteiger charge is -2.34. The Morgan fingerprint density at radius 2 is 1.67 bits per heavy atom. The van der Waals surface area contributed by atoms with Crippen LogP contribution in [-0.4, -0.2) is 43.3 Å². The third kappa shape index (κ3) is 6.17. The highest BCUT2D eigenvalue weighted by atomic mass is 16.6. The van der Waals surface area contributed by atoms with Crippen LogP contribution in [0, 0.1) is 0 Å². The molecule has 0 spiro atoms. The number of carbonyl (C=O) groups is 1. The van der Waals surface area contributed by atoms with E-state index in [1.165, 1.54) is 0 Å². The third-order valence-corrected chi connectivity index (χ3v) is 6.07. The van der Waals surface area contributed by atoms with Gasteiger partial charge in [0, 0.05) is 25.7 Å². The Kier molecular flexibility index (Phi) is 7.35. The van der Waals surface area contributed by atoms with E-state index in [0.29, 0.717) is 18.3 Å². The number of carbonyl (C=O) groups excluding carboxylic acids is 1. The van der Waals surface area contributed by atoms with Gasteiger partial charge in [0.2, 0.25) is 0 Å². The van der Waals surface area contributed by atoms with Gasteiger partial charge in [-0.1, -0.05) is 24.3 Å². The predicted octanol–water partition coefficient (Wildman–Crippen LogP) is 5.39. The minimum atomic E-state index is -0.495. The molecule has 0 aromatic heterocycles. The molecule has 1 aliphatic heterocycles. The van der Waals surface area contributed by atoms with E-state index in [-0.39, 0.29) is 6.10 Å². The number of piperidine rings is 1. The molecular formula is C27H32N2O4. The molecule has 0 saturated carbocycles. The molecule has 0 bridgehead atoms. The molecule has 0 atom stereocenters. The highest BCUT2D eigenvalue weighted by molar-refractivity contribution is 5.86. The van der Waals surface area contributed by atoms with Gasteiger partial charge in [0.1, 0.15) is 23.4 Å². The lowest BCUT2D eigenvalue weighted by Crippen LogP contribution is -2.41. The minimum absolute atomic E-state index is 0.258. The van der Waals surface area contributed by atoms with E-state index in [1.807, 2.05) is 48.5 Å². The van der Waals surface area contributed by atoms with E-state index in [0.717, 1.165) is 53.8 Å². The maximum absolute atomic E-state index is 12.2. The van der Waals surface area contributed by atoms with E-state index in [2.05, 4.69) is 30.1 Å². The normalized spacial score (nSPS) is 14.9. The van der Waals surface area contributed by atoms with Gasteiger partial charge in [0.05, 0.1) is 7.11 Å². The summed E-state index contributed by atoms with van der Waals surface area (Å²) in [6.07, 6.45) is 1.86. The summed E-state index contributed by atoms with van der Waals surface area (Å²) in [5.74, 6) is 2.14. The molecular weight excluding hydrogens is 416 g/mol. The molecule has 33 heavy (non-hydrogen) atoms. The summed E-state index contributed by atoms with van der Waals surface area (Å²) in [5, 5.41) is 4.82. The number of likely N-dealkylation sites (tertiary alicyclic amines) is 1. The lowest BCUT2D eigenvalue weighted by molar-refractivity contribution is 0.0844. The van der Waals surface area contributed by atoms with Crippen LogP contribution in [0.5, 0.6) is 17.2 Å². The quantitative estimate of drug-likeness (QED) is 0.525. The average molecular weight is 449 g/mol. The average Bonchev–Trinajstić information content (AvgIpc) is 2.83. The first-order valence-corrected chi connectivity index (χ1v) is 11.5. The zero-order valence-corrected chi connectivity index (χ0v) is 19.5. The number of nitrogens with zero attached hydrogens (tertiary/aromatic N) is 1. The summed E-state index contributed by atoms with van der Waals surface area (Å²) in [6, 6.07) is 19.8. The highest BCUT2D eigenvalue weighted by Crippen LogP contribution is 2.27. The number of hydrogen-bond acceptors (Lipinski definition) is 5. The predicted molar refractivity (Wildman–Crippen MR) is 130 cm³/mol. The number of ether oxygens (including phenoxy) is 3. The first kappa shape index (κ1) is 22.9. The SMILES string of the molecule is COc1cccc(CNC(=O)Oc2ccc3cc(OC4CCN(C(C)C)CC4)ccc3c2)c1. The van der Waals surface area contributed by atoms with Crippen LogP contribution < -0.4 is 19.5 Å². The summed E-state index contributed by atoms with van der Waals surface area (Å²) in [7, 11) is 1.62. The van der Waals surface area contributed by atoms with Crippen molar-refractivity contribution in [2.45, 2.75) is 45.4 Å². The number of rotatable bonds is 7. The van der Waals surface area contributed by atoms with Gasteiger partial charge in [0.25, 0.3) is 0 Å². The van der Waals surface area contributed by atoms with Crippen molar-refractivity contribution >= 4 is 16.9 Å². The molecule has 0 aliphatic carbocycles. The fourth-order valence-corrected chi connectivity index (χ4v) is 4.14. The Labute approximate surface area is 195 Å². The van der Waals surface area contributed by atoms with E-state index in [9.17, 15) is 4.79 Å². The first-order valence-electron chi connectivity index (χ1n) is 11.5. The summed E-state index contributed by atoms with van der Waals surface area (Å²) in [5.41, 5.74) is 0.937. The number of hydrogen-bond donors (Lipinski definition) is 1. The Balaban J connectivity index is 1.32. The zero-order valence-electron chi connectivity index (χ0n) is 19.5. The monoisotopic (exact) mass is 448 g/mol. The van der Waals surface area contributed by atoms with Crippen LogP contribution in [0.2, 0.25) is 0 Å². The van der Waals surface area contributed by atoms with Gasteiger partial charge in [0.15, 0.2) is 0 Å². The molecule has 6 nitrogen and oxygen atoms in total. The molecule has 174 valence electrons. The summed E-state index contributed by atoms with van der Waals surface area (Å²) < 4.78 is 16.9. The summed E-state index contributed by atoms with van der Waals surface area (Å²) in [4.78, 5) is 14.7. The Morgan fingerprint density at radius 1 is 0.970 bits per heavy atom. The van der Waals surface area contributed by atoms with Crippen molar-refractivity contribution in [3.05, 3.63) is 66.2 Å². The second-order valence-corrected chi connectivity index (χ2v) is 8.71. The Hall–Kier alpha value is -3.25. The molecule has 1 fully saturated rings. The van der Waals surface area contributed by atoms with Crippen molar-refractivity contribution in [1.29, 1.82) is 0 Å². The maximum Gasteiger partial charge on any atom is 0.412 e. The number of fused-ring (bicyclic) bond motifs is 1. The number of benzene rings is 3. The fraction of sp³-hybridized carbons (Fsp3) is 0.370. The molecule has 3 aromatic carbocycles. The standard InChI is InChI=1S/C27H32N2O4/c1-19(2)29-13-11-23(12-14-29)32-25-9-7-22-17-26(10-8-21(22)16-25)33-27(30)28-18-20-5-4-6-24(15-20)31-3/h4-10,15-17,19,23H,11-14,18H2,1-3H3,(H,28,30). The summed E-state index contributed by atoms with van der Waals surface area (Å²) in [6.45, 7) is 7.01. The van der Waals surface area contributed by atoms with E-state index in [1.54, 1.807) is 13.2 Å². The van der Waals surface area contributed by atoms with Crippen LogP contribution in [0.4, 0.5) is 4.79 Å². The molecule has 6 heteroatoms. The Bertz CT molecular complexity index is 1090. The van der Waals surface area contributed by atoms with Crippen LogP contribution in [0.15, 0.2) is 60.7 Å². The second-order valence-electron chi connectivity index (χ2n) is 8.71. The van der Waals surface area contributed by atoms with Crippen molar-refractivity contribution in [2.24, 2.45) is 0 Å². The topological polar surface area (TPSA) is 60.0 Å². The van der Waals surface area contributed by atoms with E-state index >= 15 is 0 Å². The van der Waals surface area contributed by atoms with E-state index in [4.69, 9.17) is 14.2 Å². The molecule has 1 N–H and O–H groups in total. The second kappa shape index (κ2) is 10.6. The first-order chi connectivity index (χ1) is 16.0. The van der Waals surface area contributed by atoms with Crippen molar-refractivity contribution in [1.82, 2.24) is 10.2 Å². The van der Waals surface area contributed by atoms with Gasteiger partial charge in [-0.25, -0.2) is 4.79 Å². The van der Waals surface area contributed by atoms with Gasteiger partial charge in [-0.05, 0) is 79.4 Å². The molecule has 4 rings (SSSR count). The molecule has 3 aromatic rings. The fourth-order valence-electron chi connectivity index (χ4n) is 4.14. The van der Waals surface area contributed by atoms with Crippen molar-refractivity contribution in [3.63, 3.8) is 0 Å². The zero-order chi connectivity index (χ0) is 23.2. The van der Waals surface area contributed by atoms with Gasteiger partial charge in [-0.2, -0.15) is 0 Å². The molecule has 1 saturated heterocycles. The molecule has 0 unspecified atom stereocenters. The Morgan fingerprint density at radius 3 is 2.36 bits per heavy atom. The molecule has 1 heterocycles. The van der Waals surface area contributed by atoms with Gasteiger partial charge >= 0.3 is 6.09 Å². The molecule has 1 amide bonds. The van der Waals surface area contributed by atoms with Crippen LogP contribution in [-0.2, 0) is 6.54 Å². The maximum atomic E-state index is 12.2. The van der Waals surface area contributed by atoms with E-state index < -0.39 is 6.09 Å². The van der Waals surface area contributed by atoms with Crippen molar-refractivity contribution in [3.8, 4) is 17.2 Å². The third-order valence-electron chi connectivity index (χ3n) is 6.07. The smallest absolute Gasteiger partial charge is 0.412 e. The largest absolute Gasteiger partial charge is 0.497 e. The van der Waals surface area contributed by atoms with Gasteiger partial charge < -0.3 is 24.4 Å². The summed E-state index contributed by atoms with van der Waals surface area (Å²) >= 11 is 0. The van der Waals surface area contributed by atoms with Crippen LogP contribution >= 0.6 is 0 Å². The van der Waals surface area contributed by atoms with Crippen molar-refractivity contribution < 1.29 is 19.0 Å². The lowest BCUT2D eigenvalue weighted by atomic mass is 10.1. The molecule has 1 aliphatic rings. The van der Waals surface area contributed by atoms with Crippen LogP contribution in [0.3, 0.4) is 0 Å². The van der Waals surface area contributed by atoms with Crippen molar-refractivity contribution in [2.75, 3.05) is 20.2 Å². The highest BCUT2D eigenvalue weighted by Gasteiger charge is 2.22.